The minimum atomic E-state index is -0.944. The van der Waals surface area contributed by atoms with E-state index in [1.54, 1.807) is 18.2 Å². The van der Waals surface area contributed by atoms with Crippen molar-refractivity contribution in [2.24, 2.45) is 0 Å². The van der Waals surface area contributed by atoms with Gasteiger partial charge < -0.3 is 25.4 Å². The van der Waals surface area contributed by atoms with Gasteiger partial charge in [-0.2, -0.15) is 9.97 Å². The molecule has 0 aliphatic carbocycles. The first-order valence-electron chi connectivity index (χ1n) is 16.3. The number of fused-ring (bicyclic) bond motifs is 7. The topological polar surface area (TPSA) is 102 Å². The van der Waals surface area contributed by atoms with E-state index in [-0.39, 0.29) is 53.9 Å². The number of halogens is 2. The largest absolute Gasteiger partial charge is 0.472 e. The van der Waals surface area contributed by atoms with Crippen LogP contribution in [0.3, 0.4) is 0 Å². The third kappa shape index (κ3) is 4.24. The number of nitrogens with zero attached hydrogens (tertiary/aromatic N) is 5. The molecule has 0 spiro atoms. The zero-order valence-electron chi connectivity index (χ0n) is 26.1. The van der Waals surface area contributed by atoms with E-state index in [1.165, 1.54) is 0 Å². The van der Waals surface area contributed by atoms with E-state index in [2.05, 4.69) is 27.6 Å². The third-order valence-corrected chi connectivity index (χ3v) is 10.9. The first kappa shape index (κ1) is 28.7. The number of hydrogen-bond acceptors (Lipinski definition) is 9. The maximum atomic E-state index is 17.1. The molecule has 4 saturated heterocycles. The molecular weight excluding hydrogens is 600 g/mol. The molecule has 5 aliphatic rings. The second-order valence-electron chi connectivity index (χ2n) is 13.8. The van der Waals surface area contributed by atoms with Crippen LogP contribution in [0, 0.1) is 18.2 Å². The van der Waals surface area contributed by atoms with Crippen molar-refractivity contribution in [1.82, 2.24) is 25.2 Å². The number of terminal acetylenes is 1. The minimum Gasteiger partial charge on any atom is -0.472 e. The van der Waals surface area contributed by atoms with E-state index >= 15 is 4.39 Å². The van der Waals surface area contributed by atoms with Crippen LogP contribution in [0.15, 0.2) is 42.5 Å². The van der Waals surface area contributed by atoms with Gasteiger partial charge in [-0.05, 0) is 44.4 Å². The molecule has 2 aromatic heterocycles. The van der Waals surface area contributed by atoms with Crippen LogP contribution in [0.2, 0.25) is 0 Å². The Hall–Kier alpha value is -4.53. The van der Waals surface area contributed by atoms with Crippen LogP contribution >= 0.6 is 0 Å². The highest BCUT2D eigenvalue weighted by Crippen LogP contribution is 2.46. The number of anilines is 2. The van der Waals surface area contributed by atoms with E-state index in [4.69, 9.17) is 36.6 Å². The van der Waals surface area contributed by atoms with Gasteiger partial charge in [0.05, 0.1) is 11.6 Å². The second kappa shape index (κ2) is 10.2. The number of nitrogens with two attached hydrogens (primary N) is 1. The molecule has 9 nitrogen and oxygen atoms in total. The van der Waals surface area contributed by atoms with Gasteiger partial charge in [-0.25, -0.2) is 13.8 Å². The molecule has 0 saturated carbocycles. The van der Waals surface area contributed by atoms with Gasteiger partial charge in [0.15, 0.2) is 5.82 Å². The van der Waals surface area contributed by atoms with Gasteiger partial charge >= 0.3 is 6.01 Å². The summed E-state index contributed by atoms with van der Waals surface area (Å²) in [5, 5.41) is 5.47. The lowest BCUT2D eigenvalue weighted by Gasteiger charge is -2.42. The lowest BCUT2D eigenvalue weighted by molar-refractivity contribution is 0.107. The standard InChI is InChI=1S/C36H35F2N7O2/c1-4-20-6-5-7-23-25(39)10-9-24(27(20)23)30-29(38)31-28-33(45-16-22-8-11-26(40-22)32(45)19(3)47-34(28)41-30)43-35(42-31)46-17-36-12-18(2)14-44(36)15-21(37)13-36/h1,5-7,9-10,19,21-22,26,32,40H,2,8,11-17,39H2,3H3/t19-,21+,22+,26-,32+,36?/m0/s1. The maximum absolute atomic E-state index is 17.1. The van der Waals surface area contributed by atoms with E-state index in [9.17, 15) is 4.39 Å². The number of pyridine rings is 1. The first-order chi connectivity index (χ1) is 22.7. The van der Waals surface area contributed by atoms with Crippen LogP contribution in [0.25, 0.3) is 32.9 Å². The number of nitrogen functional groups attached to an aromatic ring is 1. The minimum absolute atomic E-state index is 0.0364. The summed E-state index contributed by atoms with van der Waals surface area (Å²) >= 11 is 0. The molecule has 0 radical (unpaired) electrons. The zero-order chi connectivity index (χ0) is 32.2. The number of aromatic nitrogens is 3. The van der Waals surface area contributed by atoms with Gasteiger partial charge in [0, 0.05) is 65.7 Å². The number of ether oxygens (including phenoxy) is 2. The smallest absolute Gasteiger partial charge is 0.319 e. The predicted octanol–water partition coefficient (Wildman–Crippen LogP) is 4.76. The SMILES string of the molecule is C#Cc1cccc2c(N)ccc(-c3nc4c5c(nc(OCC67CC(=C)CN6C[C@H](F)C7)nc5c3F)N3C[C@H]5CC[C@H](N5)[C@H]3[C@H](C)O4)c12. The fourth-order valence-corrected chi connectivity index (χ4v) is 8.93. The number of benzene rings is 2. The van der Waals surface area contributed by atoms with Gasteiger partial charge in [0.25, 0.3) is 0 Å². The Kier molecular flexibility index (Phi) is 6.24. The Morgan fingerprint density at radius 1 is 1.19 bits per heavy atom. The molecule has 2 aromatic carbocycles. The summed E-state index contributed by atoms with van der Waals surface area (Å²) in [5.41, 5.74) is 8.54. The predicted molar refractivity (Wildman–Crippen MR) is 177 cm³/mol. The average Bonchev–Trinajstić information content (AvgIpc) is 3.65. The molecule has 240 valence electrons. The molecule has 7 heterocycles. The van der Waals surface area contributed by atoms with Crippen molar-refractivity contribution in [3.8, 4) is 35.5 Å². The molecule has 1 unspecified atom stereocenters. The lowest BCUT2D eigenvalue weighted by Crippen LogP contribution is -2.62. The molecule has 0 amide bonds. The number of nitrogens with one attached hydrogen (secondary N) is 1. The summed E-state index contributed by atoms with van der Waals surface area (Å²) in [6.07, 6.45) is 7.69. The number of rotatable bonds is 4. The molecule has 3 N–H and O–H groups in total. The number of alkyl halides is 1. The monoisotopic (exact) mass is 635 g/mol. The van der Waals surface area contributed by atoms with Crippen molar-refractivity contribution in [3.05, 3.63) is 53.9 Å². The summed E-state index contributed by atoms with van der Waals surface area (Å²) in [4.78, 5) is 18.8. The highest BCUT2D eigenvalue weighted by Gasteiger charge is 2.51. The molecule has 5 aliphatic heterocycles. The average molecular weight is 636 g/mol. The molecule has 2 bridgehead atoms. The van der Waals surface area contributed by atoms with Gasteiger partial charge in [-0.15, -0.1) is 6.42 Å². The summed E-state index contributed by atoms with van der Waals surface area (Å²) in [6, 6.07) is 9.38. The zero-order valence-corrected chi connectivity index (χ0v) is 26.1. The quantitative estimate of drug-likeness (QED) is 0.187. The van der Waals surface area contributed by atoms with Crippen molar-refractivity contribution >= 4 is 33.2 Å². The van der Waals surface area contributed by atoms with E-state index < -0.39 is 17.5 Å². The van der Waals surface area contributed by atoms with Gasteiger partial charge in [-0.3, -0.25) is 4.90 Å². The highest BCUT2D eigenvalue weighted by atomic mass is 19.1. The van der Waals surface area contributed by atoms with Crippen LogP contribution in [0.4, 0.5) is 20.3 Å². The summed E-state index contributed by atoms with van der Waals surface area (Å²) in [6.45, 7) is 8.01. The Labute approximate surface area is 271 Å². The van der Waals surface area contributed by atoms with Crippen LogP contribution in [-0.2, 0) is 0 Å². The molecule has 9 rings (SSSR count). The van der Waals surface area contributed by atoms with Gasteiger partial charge in [0.2, 0.25) is 5.88 Å². The normalized spacial score (nSPS) is 29.4. The van der Waals surface area contributed by atoms with E-state index in [0.717, 1.165) is 18.4 Å². The number of piperazine rings is 1. The molecular formula is C36H35F2N7O2. The second-order valence-corrected chi connectivity index (χ2v) is 13.8. The van der Waals surface area contributed by atoms with Crippen LogP contribution in [0.5, 0.6) is 11.9 Å². The summed E-state index contributed by atoms with van der Waals surface area (Å²) < 4.78 is 44.8. The van der Waals surface area contributed by atoms with Crippen molar-refractivity contribution in [2.45, 2.75) is 68.5 Å². The van der Waals surface area contributed by atoms with Crippen LogP contribution in [-0.4, -0.2) is 82.0 Å². The molecule has 47 heavy (non-hydrogen) atoms. The van der Waals surface area contributed by atoms with Crippen molar-refractivity contribution in [1.29, 1.82) is 0 Å². The number of hydrogen-bond donors (Lipinski definition) is 2. The van der Waals surface area contributed by atoms with Crippen LogP contribution in [0.1, 0.15) is 38.2 Å². The fraction of sp³-hybridized carbons (Fsp3) is 0.417. The Morgan fingerprint density at radius 3 is 2.91 bits per heavy atom. The van der Waals surface area contributed by atoms with Crippen LogP contribution < -0.4 is 25.4 Å². The Balaban J connectivity index is 1.25. The lowest BCUT2D eigenvalue weighted by atomic mass is 9.93. The van der Waals surface area contributed by atoms with Crippen molar-refractivity contribution in [2.75, 3.05) is 36.9 Å². The Bertz CT molecular complexity index is 2050. The molecule has 4 aromatic rings. The van der Waals surface area contributed by atoms with E-state index in [0.29, 0.717) is 71.3 Å². The van der Waals surface area contributed by atoms with Crippen molar-refractivity contribution < 1.29 is 18.3 Å². The summed E-state index contributed by atoms with van der Waals surface area (Å²) in [5.74, 6) is 2.88. The molecule has 11 heteroatoms. The fourth-order valence-electron chi connectivity index (χ4n) is 8.93. The van der Waals surface area contributed by atoms with E-state index in [1.807, 2.05) is 19.1 Å². The molecule has 6 atom stereocenters. The summed E-state index contributed by atoms with van der Waals surface area (Å²) in [7, 11) is 0. The maximum Gasteiger partial charge on any atom is 0.319 e. The highest BCUT2D eigenvalue weighted by molar-refractivity contribution is 6.07. The third-order valence-electron chi connectivity index (χ3n) is 10.9. The van der Waals surface area contributed by atoms with Gasteiger partial charge in [0.1, 0.15) is 41.3 Å². The van der Waals surface area contributed by atoms with Gasteiger partial charge in [-0.1, -0.05) is 30.2 Å². The van der Waals surface area contributed by atoms with Crippen molar-refractivity contribution in [3.63, 3.8) is 0 Å². The molecule has 4 fully saturated rings. The first-order valence-corrected chi connectivity index (χ1v) is 16.3. The Morgan fingerprint density at radius 2 is 2.06 bits per heavy atom.